The van der Waals surface area contributed by atoms with Crippen LogP contribution >= 0.6 is 0 Å². The van der Waals surface area contributed by atoms with Crippen molar-refractivity contribution in [2.45, 2.75) is 33.4 Å². The number of hydrogen-bond acceptors (Lipinski definition) is 5. The summed E-state index contributed by atoms with van der Waals surface area (Å²) in [5.41, 5.74) is 4.12. The fraction of sp³-hybridized carbons (Fsp3) is 0.423. The standard InChI is InChI=1S/C26H35N3O3/c1-19(2)15-29(16-22(30)18-31-5)17-24-25(21-9-7-6-8-10-21)27-28(4)26(24)32-23-13-11-20(3)12-14-23/h6-14,19,22,30H,15-18H2,1-5H3/t22-/m0/s1. The molecule has 172 valence electrons. The van der Waals surface area contributed by atoms with Crippen LogP contribution in [0.4, 0.5) is 0 Å². The van der Waals surface area contributed by atoms with E-state index in [1.165, 1.54) is 5.56 Å². The zero-order valence-corrected chi connectivity index (χ0v) is 19.8. The third-order valence-corrected chi connectivity index (χ3v) is 5.20. The first-order valence-electron chi connectivity index (χ1n) is 11.1. The number of ether oxygens (including phenoxy) is 2. The quantitative estimate of drug-likeness (QED) is 0.473. The third kappa shape index (κ3) is 6.42. The molecule has 6 heteroatoms. The Morgan fingerprint density at radius 2 is 1.72 bits per heavy atom. The number of aromatic nitrogens is 2. The van der Waals surface area contributed by atoms with E-state index in [0.29, 0.717) is 31.5 Å². The van der Waals surface area contributed by atoms with Gasteiger partial charge in [-0.2, -0.15) is 5.10 Å². The normalized spacial score (nSPS) is 12.5. The van der Waals surface area contributed by atoms with Gasteiger partial charge in [0, 0.05) is 39.4 Å². The largest absolute Gasteiger partial charge is 0.439 e. The van der Waals surface area contributed by atoms with E-state index in [0.717, 1.165) is 29.1 Å². The van der Waals surface area contributed by atoms with E-state index in [-0.39, 0.29) is 0 Å². The lowest BCUT2D eigenvalue weighted by molar-refractivity contribution is 0.0330. The van der Waals surface area contributed by atoms with E-state index in [9.17, 15) is 5.11 Å². The van der Waals surface area contributed by atoms with Gasteiger partial charge in [0.1, 0.15) is 11.4 Å². The minimum absolute atomic E-state index is 0.305. The third-order valence-electron chi connectivity index (χ3n) is 5.20. The second-order valence-corrected chi connectivity index (χ2v) is 8.73. The van der Waals surface area contributed by atoms with E-state index in [1.807, 2.05) is 49.5 Å². The summed E-state index contributed by atoms with van der Waals surface area (Å²) in [5, 5.41) is 15.2. The summed E-state index contributed by atoms with van der Waals surface area (Å²) in [6, 6.07) is 18.2. The maximum Gasteiger partial charge on any atom is 0.222 e. The Labute approximate surface area is 191 Å². The number of benzene rings is 2. The van der Waals surface area contributed by atoms with Gasteiger partial charge in [-0.15, -0.1) is 0 Å². The Balaban J connectivity index is 2.00. The van der Waals surface area contributed by atoms with Gasteiger partial charge in [0.2, 0.25) is 5.88 Å². The molecule has 1 aromatic heterocycles. The van der Waals surface area contributed by atoms with Gasteiger partial charge in [0.25, 0.3) is 0 Å². The summed E-state index contributed by atoms with van der Waals surface area (Å²) >= 11 is 0. The van der Waals surface area contributed by atoms with Gasteiger partial charge in [-0.1, -0.05) is 61.9 Å². The molecule has 0 fully saturated rings. The zero-order chi connectivity index (χ0) is 23.1. The van der Waals surface area contributed by atoms with Crippen molar-refractivity contribution in [2.75, 3.05) is 26.8 Å². The molecule has 3 rings (SSSR count). The first-order chi connectivity index (χ1) is 15.4. The molecule has 1 atom stereocenters. The van der Waals surface area contributed by atoms with Gasteiger partial charge in [0.05, 0.1) is 18.3 Å². The van der Waals surface area contributed by atoms with Crippen molar-refractivity contribution >= 4 is 0 Å². The number of aryl methyl sites for hydroxylation is 2. The SMILES string of the molecule is COC[C@@H](O)CN(Cc1c(-c2ccccc2)nn(C)c1Oc1ccc(C)cc1)CC(C)C. The summed E-state index contributed by atoms with van der Waals surface area (Å²) in [6.45, 7) is 8.69. The van der Waals surface area contributed by atoms with Gasteiger partial charge in [-0.25, -0.2) is 4.68 Å². The number of methoxy groups -OCH3 is 1. The molecule has 0 amide bonds. The smallest absolute Gasteiger partial charge is 0.222 e. The number of aliphatic hydroxyl groups excluding tert-OH is 1. The molecule has 0 saturated heterocycles. The van der Waals surface area contributed by atoms with E-state index >= 15 is 0 Å². The Bertz CT molecular complexity index is 968. The second kappa shape index (κ2) is 11.3. The van der Waals surface area contributed by atoms with Crippen LogP contribution in [0.2, 0.25) is 0 Å². The Hall–Kier alpha value is -2.67. The highest BCUT2D eigenvalue weighted by Crippen LogP contribution is 2.34. The lowest BCUT2D eigenvalue weighted by atomic mass is 10.1. The molecule has 2 aromatic carbocycles. The minimum Gasteiger partial charge on any atom is -0.439 e. The van der Waals surface area contributed by atoms with Crippen LogP contribution < -0.4 is 4.74 Å². The molecular formula is C26H35N3O3. The topological polar surface area (TPSA) is 59.8 Å². The van der Waals surface area contributed by atoms with Crippen LogP contribution in [-0.2, 0) is 18.3 Å². The van der Waals surface area contributed by atoms with Crippen LogP contribution in [-0.4, -0.2) is 52.7 Å². The highest BCUT2D eigenvalue weighted by Gasteiger charge is 2.23. The van der Waals surface area contributed by atoms with Crippen molar-refractivity contribution in [1.82, 2.24) is 14.7 Å². The summed E-state index contributed by atoms with van der Waals surface area (Å²) in [6.07, 6.45) is -0.558. The first-order valence-corrected chi connectivity index (χ1v) is 11.1. The molecule has 32 heavy (non-hydrogen) atoms. The molecular weight excluding hydrogens is 402 g/mol. The van der Waals surface area contributed by atoms with E-state index < -0.39 is 6.10 Å². The lowest BCUT2D eigenvalue weighted by Crippen LogP contribution is -2.36. The van der Waals surface area contributed by atoms with Crippen LogP contribution in [0.3, 0.4) is 0 Å². The predicted octanol–water partition coefficient (Wildman–Crippen LogP) is 4.65. The Kier molecular flexibility index (Phi) is 8.45. The Morgan fingerprint density at radius 3 is 2.34 bits per heavy atom. The van der Waals surface area contributed by atoms with Crippen molar-refractivity contribution in [1.29, 1.82) is 0 Å². The molecule has 0 spiro atoms. The Morgan fingerprint density at radius 1 is 1.03 bits per heavy atom. The fourth-order valence-corrected chi connectivity index (χ4v) is 3.86. The number of rotatable bonds is 11. The van der Waals surface area contributed by atoms with Crippen LogP contribution in [0.25, 0.3) is 11.3 Å². The number of nitrogens with zero attached hydrogens (tertiary/aromatic N) is 3. The fourth-order valence-electron chi connectivity index (χ4n) is 3.86. The molecule has 6 nitrogen and oxygen atoms in total. The maximum absolute atomic E-state index is 10.4. The molecule has 0 unspecified atom stereocenters. The molecule has 0 aliphatic rings. The summed E-state index contributed by atoms with van der Waals surface area (Å²) < 4.78 is 13.3. The summed E-state index contributed by atoms with van der Waals surface area (Å²) in [4.78, 5) is 2.25. The molecule has 0 aliphatic heterocycles. The maximum atomic E-state index is 10.4. The van der Waals surface area contributed by atoms with E-state index in [2.05, 4.69) is 37.8 Å². The molecule has 3 aromatic rings. The van der Waals surface area contributed by atoms with Gasteiger partial charge in [-0.3, -0.25) is 4.90 Å². The van der Waals surface area contributed by atoms with Gasteiger partial charge in [0.15, 0.2) is 0 Å². The molecule has 0 radical (unpaired) electrons. The van der Waals surface area contributed by atoms with Crippen molar-refractivity contribution in [3.8, 4) is 22.9 Å². The predicted molar refractivity (Wildman–Crippen MR) is 128 cm³/mol. The van der Waals surface area contributed by atoms with Crippen molar-refractivity contribution in [3.63, 3.8) is 0 Å². The van der Waals surface area contributed by atoms with Gasteiger partial charge in [-0.05, 0) is 25.0 Å². The van der Waals surface area contributed by atoms with Crippen molar-refractivity contribution in [3.05, 3.63) is 65.7 Å². The van der Waals surface area contributed by atoms with Crippen molar-refractivity contribution < 1.29 is 14.6 Å². The highest BCUT2D eigenvalue weighted by molar-refractivity contribution is 5.65. The van der Waals surface area contributed by atoms with Crippen molar-refractivity contribution in [2.24, 2.45) is 13.0 Å². The molecule has 1 N–H and O–H groups in total. The van der Waals surface area contributed by atoms with E-state index in [1.54, 1.807) is 11.8 Å². The average Bonchev–Trinajstić information content (AvgIpc) is 3.05. The van der Waals surface area contributed by atoms with Crippen LogP contribution in [0.5, 0.6) is 11.6 Å². The molecule has 0 aliphatic carbocycles. The second-order valence-electron chi connectivity index (χ2n) is 8.73. The van der Waals surface area contributed by atoms with Gasteiger partial charge >= 0.3 is 0 Å². The number of hydrogen-bond donors (Lipinski definition) is 1. The zero-order valence-electron chi connectivity index (χ0n) is 19.8. The number of aliphatic hydroxyl groups is 1. The molecule has 0 saturated carbocycles. The molecule has 0 bridgehead atoms. The minimum atomic E-state index is -0.558. The van der Waals surface area contributed by atoms with Crippen LogP contribution in [0, 0.1) is 12.8 Å². The lowest BCUT2D eigenvalue weighted by Gasteiger charge is -2.27. The summed E-state index contributed by atoms with van der Waals surface area (Å²) in [7, 11) is 3.52. The monoisotopic (exact) mass is 437 g/mol. The molecule has 1 heterocycles. The first kappa shape index (κ1) is 24.0. The summed E-state index contributed by atoms with van der Waals surface area (Å²) in [5.74, 6) is 1.93. The van der Waals surface area contributed by atoms with Crippen LogP contribution in [0.15, 0.2) is 54.6 Å². The van der Waals surface area contributed by atoms with Crippen LogP contribution in [0.1, 0.15) is 25.0 Å². The average molecular weight is 438 g/mol. The van der Waals surface area contributed by atoms with Gasteiger partial charge < -0.3 is 14.6 Å². The van der Waals surface area contributed by atoms with E-state index in [4.69, 9.17) is 14.6 Å². The highest BCUT2D eigenvalue weighted by atomic mass is 16.5.